The lowest BCUT2D eigenvalue weighted by Crippen LogP contribution is -2.41. The summed E-state index contributed by atoms with van der Waals surface area (Å²) >= 11 is 6.25. The quantitative estimate of drug-likeness (QED) is 0.338. The largest absolute Gasteiger partial charge is 0.330 e. The molecule has 1 saturated carbocycles. The van der Waals surface area contributed by atoms with Gasteiger partial charge in [0.15, 0.2) is 0 Å². The normalized spacial score (nSPS) is 19.2. The maximum atomic E-state index is 12.7. The van der Waals surface area contributed by atoms with Gasteiger partial charge in [-0.15, -0.1) is 24.8 Å². The highest BCUT2D eigenvalue weighted by Crippen LogP contribution is 2.42. The molecule has 6 nitrogen and oxygen atoms in total. The van der Waals surface area contributed by atoms with Crippen molar-refractivity contribution in [2.75, 3.05) is 6.54 Å². The summed E-state index contributed by atoms with van der Waals surface area (Å²) in [5.41, 5.74) is 10.1. The van der Waals surface area contributed by atoms with Gasteiger partial charge in [-0.1, -0.05) is 54.1 Å². The van der Waals surface area contributed by atoms with Gasteiger partial charge in [-0.05, 0) is 55.0 Å². The second kappa shape index (κ2) is 12.1. The Morgan fingerprint density at radius 1 is 1.00 bits per heavy atom. The maximum Gasteiger partial charge on any atom is 0.267 e. The van der Waals surface area contributed by atoms with Crippen molar-refractivity contribution in [1.82, 2.24) is 19.6 Å². The summed E-state index contributed by atoms with van der Waals surface area (Å²) in [6.45, 7) is 1.25. The first-order valence-corrected chi connectivity index (χ1v) is 12.1. The highest BCUT2D eigenvalue weighted by molar-refractivity contribution is 6.30. The minimum Gasteiger partial charge on any atom is -0.330 e. The number of hydrogen-bond donors (Lipinski definition) is 1. The van der Waals surface area contributed by atoms with Crippen LogP contribution in [0, 0.1) is 0 Å². The van der Waals surface area contributed by atoms with Crippen LogP contribution in [0.2, 0.25) is 5.02 Å². The molecule has 0 bridgehead atoms. The first-order valence-electron chi connectivity index (χ1n) is 11.7. The zero-order valence-corrected chi connectivity index (χ0v) is 22.2. The molecule has 0 radical (unpaired) electrons. The maximum absolute atomic E-state index is 12.7. The molecule has 4 aromatic rings. The lowest BCUT2D eigenvalue weighted by molar-refractivity contribution is 0.222. The van der Waals surface area contributed by atoms with E-state index in [-0.39, 0.29) is 41.8 Å². The van der Waals surface area contributed by atoms with Crippen molar-refractivity contribution in [3.63, 3.8) is 0 Å². The molecular weight excluding hydrogens is 517 g/mol. The third kappa shape index (κ3) is 5.84. The molecule has 2 aromatic heterocycles. The van der Waals surface area contributed by atoms with Gasteiger partial charge in [0.1, 0.15) is 0 Å². The fourth-order valence-corrected chi connectivity index (χ4v) is 5.21. The molecule has 1 aliphatic rings. The number of nitrogens with two attached hydrogens (primary N) is 1. The summed E-state index contributed by atoms with van der Waals surface area (Å²) in [4.78, 5) is 12.7. The second-order valence-electron chi connectivity index (χ2n) is 9.14. The number of nitrogens with zero attached hydrogens (tertiary/aromatic N) is 4. The van der Waals surface area contributed by atoms with Crippen molar-refractivity contribution in [3.05, 3.63) is 106 Å². The monoisotopic (exact) mass is 545 g/mol. The average molecular weight is 547 g/mol. The Bertz CT molecular complexity index is 1330. The fraction of sp³-hybridized carbons (Fsp3) is 0.296. The number of halogens is 3. The highest BCUT2D eigenvalue weighted by Gasteiger charge is 2.37. The Morgan fingerprint density at radius 3 is 2.44 bits per heavy atom. The SMILES string of the molecule is Cl.Cl.NCC1(c2cccc(Cl)c2)CCC(n2nc(-c3cnn(Cc4ccccc4)c3)ccc2=O)CC1. The highest BCUT2D eigenvalue weighted by atomic mass is 35.5. The van der Waals surface area contributed by atoms with E-state index in [0.29, 0.717) is 13.1 Å². The van der Waals surface area contributed by atoms with E-state index in [4.69, 9.17) is 22.4 Å². The van der Waals surface area contributed by atoms with E-state index in [9.17, 15) is 4.79 Å². The van der Waals surface area contributed by atoms with Crippen LogP contribution in [0.25, 0.3) is 11.3 Å². The van der Waals surface area contributed by atoms with Crippen molar-refractivity contribution >= 4 is 36.4 Å². The molecule has 0 unspecified atom stereocenters. The van der Waals surface area contributed by atoms with E-state index < -0.39 is 0 Å². The Hall–Kier alpha value is -2.64. The smallest absolute Gasteiger partial charge is 0.267 e. The Kier molecular flexibility index (Phi) is 9.36. The van der Waals surface area contributed by atoms with E-state index in [0.717, 1.165) is 42.0 Å². The van der Waals surface area contributed by atoms with Crippen molar-refractivity contribution in [2.45, 2.75) is 43.7 Å². The first kappa shape index (κ1) is 27.9. The molecule has 2 N–H and O–H groups in total. The molecule has 190 valence electrons. The van der Waals surface area contributed by atoms with Gasteiger partial charge in [0.2, 0.25) is 0 Å². The molecule has 0 saturated heterocycles. The third-order valence-corrected chi connectivity index (χ3v) is 7.26. The van der Waals surface area contributed by atoms with Crippen molar-refractivity contribution in [3.8, 4) is 11.3 Å². The molecule has 36 heavy (non-hydrogen) atoms. The predicted molar refractivity (Wildman–Crippen MR) is 149 cm³/mol. The van der Waals surface area contributed by atoms with Crippen molar-refractivity contribution < 1.29 is 0 Å². The zero-order valence-electron chi connectivity index (χ0n) is 19.8. The number of aromatic nitrogens is 4. The molecule has 0 spiro atoms. The number of benzene rings is 2. The predicted octanol–water partition coefficient (Wildman–Crippen LogP) is 5.66. The molecule has 1 fully saturated rings. The molecule has 2 heterocycles. The van der Waals surface area contributed by atoms with Gasteiger partial charge < -0.3 is 5.73 Å². The zero-order chi connectivity index (χ0) is 23.5. The van der Waals surface area contributed by atoms with E-state index in [1.54, 1.807) is 23.0 Å². The average Bonchev–Trinajstić information content (AvgIpc) is 3.33. The molecule has 1 aliphatic carbocycles. The lowest BCUT2D eigenvalue weighted by Gasteiger charge is -2.40. The van der Waals surface area contributed by atoms with Crippen LogP contribution in [0.3, 0.4) is 0 Å². The second-order valence-corrected chi connectivity index (χ2v) is 9.58. The van der Waals surface area contributed by atoms with Crippen LogP contribution in [0.5, 0.6) is 0 Å². The van der Waals surface area contributed by atoms with Crippen molar-refractivity contribution in [1.29, 1.82) is 0 Å². The topological polar surface area (TPSA) is 78.7 Å². The Balaban J connectivity index is 0.00000180. The summed E-state index contributed by atoms with van der Waals surface area (Å²) in [6, 6.07) is 21.6. The third-order valence-electron chi connectivity index (χ3n) is 7.03. The summed E-state index contributed by atoms with van der Waals surface area (Å²) in [6.07, 6.45) is 7.24. The van der Waals surface area contributed by atoms with E-state index >= 15 is 0 Å². The van der Waals surface area contributed by atoms with Crippen LogP contribution in [0.15, 0.2) is 83.9 Å². The van der Waals surface area contributed by atoms with Crippen LogP contribution >= 0.6 is 36.4 Å². The van der Waals surface area contributed by atoms with Gasteiger partial charge in [-0.25, -0.2) is 4.68 Å². The van der Waals surface area contributed by atoms with Crippen LogP contribution in [-0.4, -0.2) is 26.1 Å². The minimum absolute atomic E-state index is 0. The van der Waals surface area contributed by atoms with E-state index in [2.05, 4.69) is 23.3 Å². The summed E-state index contributed by atoms with van der Waals surface area (Å²) in [5, 5.41) is 9.96. The number of hydrogen-bond acceptors (Lipinski definition) is 4. The Labute approximate surface area is 228 Å². The summed E-state index contributed by atoms with van der Waals surface area (Å²) in [5.74, 6) is 0. The molecule has 0 aliphatic heterocycles. The van der Waals surface area contributed by atoms with Crippen LogP contribution in [-0.2, 0) is 12.0 Å². The van der Waals surface area contributed by atoms with Gasteiger partial charge in [0.05, 0.1) is 24.5 Å². The summed E-state index contributed by atoms with van der Waals surface area (Å²) < 4.78 is 3.55. The fourth-order valence-electron chi connectivity index (χ4n) is 5.02. The first-order chi connectivity index (χ1) is 16.6. The van der Waals surface area contributed by atoms with Gasteiger partial charge in [0.25, 0.3) is 5.56 Å². The van der Waals surface area contributed by atoms with Gasteiger partial charge >= 0.3 is 0 Å². The van der Waals surface area contributed by atoms with Gasteiger partial charge in [-0.3, -0.25) is 9.48 Å². The summed E-state index contributed by atoms with van der Waals surface area (Å²) in [7, 11) is 0. The van der Waals surface area contributed by atoms with Crippen molar-refractivity contribution in [2.24, 2.45) is 5.73 Å². The molecule has 2 aromatic carbocycles. The van der Waals surface area contributed by atoms with Crippen LogP contribution < -0.4 is 11.3 Å². The van der Waals surface area contributed by atoms with E-state index in [1.807, 2.05) is 47.3 Å². The molecule has 5 rings (SSSR count). The van der Waals surface area contributed by atoms with E-state index in [1.165, 1.54) is 11.1 Å². The lowest BCUT2D eigenvalue weighted by atomic mass is 9.68. The van der Waals surface area contributed by atoms with Crippen LogP contribution in [0.4, 0.5) is 0 Å². The van der Waals surface area contributed by atoms with Crippen LogP contribution in [0.1, 0.15) is 42.9 Å². The molecular formula is C27H30Cl3N5O. The number of rotatable bonds is 6. The minimum atomic E-state index is -0.110. The Morgan fingerprint density at radius 2 is 1.75 bits per heavy atom. The van der Waals surface area contributed by atoms with Gasteiger partial charge in [0, 0.05) is 34.8 Å². The molecule has 9 heteroatoms. The van der Waals surface area contributed by atoms with Gasteiger partial charge in [-0.2, -0.15) is 10.2 Å². The molecule has 0 atom stereocenters. The molecule has 0 amide bonds. The standard InChI is InChI=1S/C27H28ClN5O.2ClH/c28-23-8-4-7-22(15-23)27(19-29)13-11-24(12-14-27)33-26(34)10-9-25(31-33)21-16-30-32(18-21)17-20-5-2-1-3-6-20;;/h1-10,15-16,18,24H,11-14,17,19,29H2;2*1H.